The molecule has 0 saturated heterocycles. The normalized spacial score (nSPS) is 13.8. The third-order valence-corrected chi connectivity index (χ3v) is 4.93. The molecule has 0 aliphatic rings. The van der Waals surface area contributed by atoms with Gasteiger partial charge in [-0.15, -0.1) is 22.2 Å². The quantitative estimate of drug-likeness (QED) is 0.146. The topological polar surface area (TPSA) is 90.5 Å². The maximum absolute atomic E-state index is 7.75. The summed E-state index contributed by atoms with van der Waals surface area (Å²) in [4.78, 5) is 15.5. The molecule has 0 aliphatic heterocycles. The largest absolute Gasteiger partial charge is 6.00 e. The standard InChI is InChI=1S/2C13H28N2.2CHO.Ru/c2*1-9-13(7,8)15-11(10(2)3)14-12(4,5)6;2*1-2;/h2*10-11H,9H2,1-8H3;2*1H;/q2*-2;2*-1;+6. The van der Waals surface area contributed by atoms with E-state index in [1.807, 2.05) is 0 Å². The molecule has 0 fully saturated rings. The fourth-order valence-electron chi connectivity index (χ4n) is 2.35. The Hall–Kier alpha value is -0.197. The molecule has 0 aliphatic carbocycles. The van der Waals surface area contributed by atoms with Crippen LogP contribution in [-0.2, 0) is 29.1 Å². The maximum atomic E-state index is 7.75. The van der Waals surface area contributed by atoms with Crippen LogP contribution in [0.4, 0.5) is 0 Å². The molecule has 2 unspecified atom stereocenters. The number of hydrogen-bond donors (Lipinski definition) is 0. The molecule has 0 radical (unpaired) electrons. The van der Waals surface area contributed by atoms with Gasteiger partial charge in [-0.3, -0.25) is 13.6 Å². The fraction of sp³-hybridized carbons (Fsp3) is 0.929. The van der Waals surface area contributed by atoms with Crippen LogP contribution in [-0.4, -0.2) is 48.1 Å². The summed E-state index contributed by atoms with van der Waals surface area (Å²) in [6.07, 6.45) is 2.38. The van der Waals surface area contributed by atoms with Crippen LogP contribution in [0, 0.1) is 11.8 Å². The van der Waals surface area contributed by atoms with Crippen molar-refractivity contribution >= 4 is 13.6 Å². The molecule has 2 atom stereocenters. The molecule has 0 saturated carbocycles. The first-order chi connectivity index (χ1) is 15.1. The summed E-state index contributed by atoms with van der Waals surface area (Å²) in [5, 5.41) is 19.2. The molecule has 0 rings (SSSR count). The summed E-state index contributed by atoms with van der Waals surface area (Å²) in [6, 6.07) is 0. The summed E-state index contributed by atoms with van der Waals surface area (Å²) >= 11 is 0. The Labute approximate surface area is 233 Å². The van der Waals surface area contributed by atoms with Gasteiger partial charge in [0.1, 0.15) is 0 Å². The minimum Gasteiger partial charge on any atom is -0.673 e. The van der Waals surface area contributed by atoms with Gasteiger partial charge in [0.05, 0.1) is 0 Å². The molecule has 6 nitrogen and oxygen atoms in total. The zero-order valence-corrected chi connectivity index (χ0v) is 27.6. The molecule has 35 heavy (non-hydrogen) atoms. The van der Waals surface area contributed by atoms with E-state index in [1.165, 1.54) is 0 Å². The van der Waals surface area contributed by atoms with Crippen molar-refractivity contribution in [2.45, 2.75) is 158 Å². The third kappa shape index (κ3) is 29.9. The van der Waals surface area contributed by atoms with Gasteiger partial charge in [-0.05, 0) is 0 Å². The average Bonchev–Trinajstić information content (AvgIpc) is 2.68. The van der Waals surface area contributed by atoms with E-state index in [9.17, 15) is 0 Å². The minimum absolute atomic E-state index is 0. The Bertz CT molecular complexity index is 440. The smallest absolute Gasteiger partial charge is 0.673 e. The second-order valence-electron chi connectivity index (χ2n) is 12.5. The van der Waals surface area contributed by atoms with Gasteiger partial charge in [-0.1, -0.05) is 135 Å². The van der Waals surface area contributed by atoms with Crippen LogP contribution in [0.5, 0.6) is 0 Å². The predicted molar refractivity (Wildman–Crippen MR) is 152 cm³/mol. The molecule has 0 aromatic heterocycles. The van der Waals surface area contributed by atoms with Crippen molar-refractivity contribution in [2.75, 3.05) is 0 Å². The van der Waals surface area contributed by atoms with Crippen LogP contribution >= 0.6 is 0 Å². The Morgan fingerprint density at radius 3 is 0.829 bits per heavy atom. The molecule has 0 bridgehead atoms. The first-order valence-electron chi connectivity index (χ1n) is 12.5. The van der Waals surface area contributed by atoms with Crippen molar-refractivity contribution in [2.24, 2.45) is 11.8 Å². The van der Waals surface area contributed by atoms with E-state index in [2.05, 4.69) is 124 Å². The molecule has 0 aromatic rings. The van der Waals surface area contributed by atoms with Gasteiger partial charge in [-0.25, -0.2) is 12.3 Å². The van der Waals surface area contributed by atoms with Gasteiger partial charge in [0.2, 0.25) is 0 Å². The number of carbonyl (C=O) groups excluding carboxylic acids is 2. The Balaban J connectivity index is -0.000000146. The summed E-state index contributed by atoms with van der Waals surface area (Å²) in [5.74, 6) is 0.963. The first kappa shape index (κ1) is 44.8. The maximum Gasteiger partial charge on any atom is 6.00 e. The number of nitrogens with zero attached hydrogens (tertiary/aromatic N) is 4. The molecule has 0 spiro atoms. The summed E-state index contributed by atoms with van der Waals surface area (Å²) in [6.45, 7) is 41.2. The van der Waals surface area contributed by atoms with Gasteiger partial charge in [0, 0.05) is 0 Å². The van der Waals surface area contributed by atoms with Crippen molar-refractivity contribution in [3.05, 3.63) is 21.3 Å². The van der Waals surface area contributed by atoms with Crippen LogP contribution in [0.2, 0.25) is 0 Å². The van der Waals surface area contributed by atoms with Gasteiger partial charge < -0.3 is 30.9 Å². The predicted octanol–water partition coefficient (Wildman–Crippen LogP) is 8.86. The third-order valence-electron chi connectivity index (χ3n) is 4.93. The second-order valence-corrected chi connectivity index (χ2v) is 12.5. The molecular weight excluding hydrogens is 525 g/mol. The second kappa shape index (κ2) is 20.8. The fourth-order valence-corrected chi connectivity index (χ4v) is 2.35. The van der Waals surface area contributed by atoms with Crippen molar-refractivity contribution in [3.63, 3.8) is 0 Å². The van der Waals surface area contributed by atoms with E-state index in [-0.39, 0.29) is 54.0 Å². The summed E-state index contributed by atoms with van der Waals surface area (Å²) < 4.78 is 0. The zero-order valence-electron chi connectivity index (χ0n) is 25.8. The van der Waals surface area contributed by atoms with Crippen molar-refractivity contribution in [1.29, 1.82) is 0 Å². The van der Waals surface area contributed by atoms with Gasteiger partial charge in [0.25, 0.3) is 0 Å². The molecule has 0 heterocycles. The zero-order chi connectivity index (χ0) is 28.6. The van der Waals surface area contributed by atoms with E-state index in [0.29, 0.717) is 11.8 Å². The van der Waals surface area contributed by atoms with Gasteiger partial charge in [0.15, 0.2) is 0 Å². The summed E-state index contributed by atoms with van der Waals surface area (Å²) in [7, 11) is 0. The number of hydrogen-bond acceptors (Lipinski definition) is 2. The first-order valence-corrected chi connectivity index (χ1v) is 12.5. The van der Waals surface area contributed by atoms with E-state index < -0.39 is 0 Å². The molecule has 0 N–H and O–H groups in total. The molecule has 7 heteroatoms. The minimum atomic E-state index is 0. The SMILES string of the molecule is CCC(C)(C)[N-]C([N-]C(C)(C)C)C(C)C.CCC(C)(C)[N-]C([N-]C(C)(C)C)C(C)C.[CH-]=O.[CH-]=O.[Ru+6]. The van der Waals surface area contributed by atoms with Crippen molar-refractivity contribution in [3.8, 4) is 0 Å². The summed E-state index contributed by atoms with van der Waals surface area (Å²) in [5.41, 5.74) is 0.0951. The van der Waals surface area contributed by atoms with Crippen LogP contribution in [0.1, 0.15) is 124 Å². The van der Waals surface area contributed by atoms with E-state index in [1.54, 1.807) is 0 Å². The van der Waals surface area contributed by atoms with Crippen molar-refractivity contribution < 1.29 is 29.1 Å². The molecule has 210 valence electrons. The molecular formula is C28H58N4O2Ru. The van der Waals surface area contributed by atoms with Gasteiger partial charge >= 0.3 is 19.5 Å². The van der Waals surface area contributed by atoms with Crippen LogP contribution in [0.15, 0.2) is 0 Å². The van der Waals surface area contributed by atoms with Crippen molar-refractivity contribution in [1.82, 2.24) is 0 Å². The van der Waals surface area contributed by atoms with E-state index in [0.717, 1.165) is 12.8 Å². The Morgan fingerprint density at radius 2 is 0.714 bits per heavy atom. The van der Waals surface area contributed by atoms with E-state index in [4.69, 9.17) is 30.9 Å². The Morgan fingerprint density at radius 1 is 0.514 bits per heavy atom. The number of rotatable bonds is 10. The van der Waals surface area contributed by atoms with Crippen LogP contribution in [0.3, 0.4) is 0 Å². The van der Waals surface area contributed by atoms with E-state index >= 15 is 0 Å². The van der Waals surface area contributed by atoms with Gasteiger partial charge in [-0.2, -0.15) is 0 Å². The monoisotopic (exact) mass is 584 g/mol. The van der Waals surface area contributed by atoms with Crippen LogP contribution in [0.25, 0.3) is 21.3 Å². The van der Waals surface area contributed by atoms with Crippen LogP contribution < -0.4 is 0 Å². The molecule has 0 aromatic carbocycles. The molecule has 0 amide bonds. The average molecular weight is 584 g/mol. The Kier molecular flexibility index (Phi) is 26.6.